The zero-order valence-corrected chi connectivity index (χ0v) is 25.4. The van der Waals surface area contributed by atoms with Crippen LogP contribution in [0.5, 0.6) is 0 Å². The van der Waals surface area contributed by atoms with Crippen molar-refractivity contribution in [3.63, 3.8) is 0 Å². The number of esters is 2. The van der Waals surface area contributed by atoms with E-state index in [1.165, 1.54) is 12.2 Å². The van der Waals surface area contributed by atoms with E-state index in [-0.39, 0.29) is 26.4 Å². The maximum atomic E-state index is 11.9. The number of rotatable bonds is 17. The summed E-state index contributed by atoms with van der Waals surface area (Å²) >= 11 is 0. The molecule has 0 spiro atoms. The molecular weight excluding hydrogens is 584 g/mol. The van der Waals surface area contributed by atoms with Crippen LogP contribution < -0.4 is 0 Å². The fraction of sp³-hybridized carbons (Fsp3) is 0.211. The molecule has 4 aromatic carbocycles. The normalized spacial score (nSPS) is 12.7. The molecule has 0 aliphatic heterocycles. The zero-order chi connectivity index (χ0) is 32.4. The van der Waals surface area contributed by atoms with Crippen molar-refractivity contribution in [2.75, 3.05) is 26.4 Å². The van der Waals surface area contributed by atoms with Crippen LogP contribution in [0, 0.1) is 0 Å². The number of aliphatic hydroxyl groups is 2. The van der Waals surface area contributed by atoms with Crippen molar-refractivity contribution in [2.45, 2.75) is 25.4 Å². The van der Waals surface area contributed by atoms with E-state index < -0.39 is 24.1 Å². The van der Waals surface area contributed by atoms with E-state index in [1.54, 1.807) is 12.2 Å². The predicted molar refractivity (Wildman–Crippen MR) is 176 cm³/mol. The summed E-state index contributed by atoms with van der Waals surface area (Å²) in [6.07, 6.45) is 4.11. The third kappa shape index (κ3) is 12.6. The standard InChI is InChI=1S/C38H38O8/c39-35(27-45-37(41)21-15-29-7-3-1-4-8-29)25-43-23-31-11-17-33(18-12-31)34-19-13-32(14-20-34)24-44-26-36(40)28-46-38(42)22-16-30-9-5-2-6-10-30/h1-22,35-36,39-40H,23-28H2/b21-15+,22-16+. The van der Waals surface area contributed by atoms with Crippen molar-refractivity contribution in [1.29, 1.82) is 0 Å². The molecule has 0 heterocycles. The SMILES string of the molecule is O=C(/C=C/c1ccccc1)OCC(O)COCc1ccc(-c2ccc(COCC(O)COC(=O)/C=C/c3ccccc3)cc2)cc1. The van der Waals surface area contributed by atoms with Crippen LogP contribution in [0.1, 0.15) is 22.3 Å². The van der Waals surface area contributed by atoms with Gasteiger partial charge < -0.3 is 29.2 Å². The van der Waals surface area contributed by atoms with Crippen LogP contribution in [0.25, 0.3) is 23.3 Å². The van der Waals surface area contributed by atoms with Crippen molar-refractivity contribution in [3.05, 3.63) is 144 Å². The number of hydrogen-bond acceptors (Lipinski definition) is 8. The number of ether oxygens (including phenoxy) is 4. The summed E-state index contributed by atoms with van der Waals surface area (Å²) in [5, 5.41) is 20.2. The molecule has 8 heteroatoms. The first kappa shape index (κ1) is 34.0. The second-order valence-electron chi connectivity index (χ2n) is 10.5. The van der Waals surface area contributed by atoms with E-state index >= 15 is 0 Å². The quantitative estimate of drug-likeness (QED) is 0.115. The van der Waals surface area contributed by atoms with Crippen molar-refractivity contribution >= 4 is 24.1 Å². The molecule has 8 nitrogen and oxygen atoms in total. The van der Waals surface area contributed by atoms with Crippen LogP contribution in [0.2, 0.25) is 0 Å². The average molecular weight is 623 g/mol. The predicted octanol–water partition coefficient (Wildman–Crippen LogP) is 5.62. The van der Waals surface area contributed by atoms with Crippen LogP contribution in [0.4, 0.5) is 0 Å². The first-order valence-electron chi connectivity index (χ1n) is 14.9. The smallest absolute Gasteiger partial charge is 0.330 e. The van der Waals surface area contributed by atoms with Crippen molar-refractivity contribution in [1.82, 2.24) is 0 Å². The van der Waals surface area contributed by atoms with Crippen LogP contribution in [0.15, 0.2) is 121 Å². The number of benzene rings is 4. The molecule has 0 saturated heterocycles. The summed E-state index contributed by atoms with van der Waals surface area (Å²) in [5.74, 6) is -1.05. The molecule has 0 aromatic heterocycles. The number of carbonyl (C=O) groups is 2. The fourth-order valence-corrected chi connectivity index (χ4v) is 4.22. The molecule has 0 amide bonds. The van der Waals surface area contributed by atoms with E-state index in [0.29, 0.717) is 13.2 Å². The molecular formula is C38H38O8. The van der Waals surface area contributed by atoms with Gasteiger partial charge in [0.25, 0.3) is 0 Å². The van der Waals surface area contributed by atoms with Gasteiger partial charge in [-0.1, -0.05) is 109 Å². The Bertz CT molecular complexity index is 1410. The van der Waals surface area contributed by atoms with Crippen molar-refractivity contribution < 1.29 is 38.7 Å². The third-order valence-electron chi connectivity index (χ3n) is 6.66. The summed E-state index contributed by atoms with van der Waals surface area (Å²) in [6, 6.07) is 34.6. The molecule has 0 aliphatic carbocycles. The lowest BCUT2D eigenvalue weighted by atomic mass is 10.0. The molecule has 0 aliphatic rings. The largest absolute Gasteiger partial charge is 0.460 e. The Hall–Kier alpha value is -4.86. The van der Waals surface area contributed by atoms with Gasteiger partial charge in [-0.25, -0.2) is 9.59 Å². The molecule has 238 valence electrons. The Morgan fingerprint density at radius 1 is 0.522 bits per heavy atom. The highest BCUT2D eigenvalue weighted by atomic mass is 16.6. The second kappa shape index (κ2) is 18.8. The Labute approximate surface area is 269 Å². The molecule has 0 fully saturated rings. The van der Waals surface area contributed by atoms with E-state index in [9.17, 15) is 19.8 Å². The van der Waals surface area contributed by atoms with E-state index in [0.717, 1.165) is 33.4 Å². The van der Waals surface area contributed by atoms with Gasteiger partial charge in [0.05, 0.1) is 26.4 Å². The summed E-state index contributed by atoms with van der Waals surface area (Å²) < 4.78 is 21.3. The topological polar surface area (TPSA) is 112 Å². The second-order valence-corrected chi connectivity index (χ2v) is 10.5. The first-order valence-corrected chi connectivity index (χ1v) is 14.9. The summed E-state index contributed by atoms with van der Waals surface area (Å²) in [4.78, 5) is 23.7. The van der Waals surface area contributed by atoms with Gasteiger partial charge in [0.2, 0.25) is 0 Å². The maximum absolute atomic E-state index is 11.9. The minimum absolute atomic E-state index is 0.0369. The molecule has 4 aromatic rings. The maximum Gasteiger partial charge on any atom is 0.330 e. The lowest BCUT2D eigenvalue weighted by Crippen LogP contribution is -2.23. The Morgan fingerprint density at radius 2 is 0.891 bits per heavy atom. The van der Waals surface area contributed by atoms with Crippen LogP contribution in [-0.4, -0.2) is 60.8 Å². The number of aliphatic hydroxyl groups excluding tert-OH is 2. The monoisotopic (exact) mass is 622 g/mol. The van der Waals surface area contributed by atoms with Gasteiger partial charge >= 0.3 is 11.9 Å². The number of carbonyl (C=O) groups excluding carboxylic acids is 2. The minimum Gasteiger partial charge on any atom is -0.460 e. The highest BCUT2D eigenvalue weighted by Gasteiger charge is 2.09. The lowest BCUT2D eigenvalue weighted by Gasteiger charge is -2.12. The Morgan fingerprint density at radius 3 is 1.26 bits per heavy atom. The summed E-state index contributed by atoms with van der Waals surface area (Å²) in [5.41, 5.74) is 5.72. The fourth-order valence-electron chi connectivity index (χ4n) is 4.22. The average Bonchev–Trinajstić information content (AvgIpc) is 3.09. The van der Waals surface area contributed by atoms with Crippen molar-refractivity contribution in [3.8, 4) is 11.1 Å². The van der Waals surface area contributed by atoms with Gasteiger partial charge in [0.15, 0.2) is 0 Å². The van der Waals surface area contributed by atoms with E-state index in [4.69, 9.17) is 18.9 Å². The lowest BCUT2D eigenvalue weighted by molar-refractivity contribution is -0.142. The first-order chi connectivity index (χ1) is 22.4. The summed E-state index contributed by atoms with van der Waals surface area (Å²) in [6.45, 7) is 0.392. The van der Waals surface area contributed by atoms with Gasteiger partial charge in [-0.2, -0.15) is 0 Å². The third-order valence-corrected chi connectivity index (χ3v) is 6.66. The Balaban J connectivity index is 1.09. The van der Waals surface area contributed by atoms with E-state index in [1.807, 2.05) is 109 Å². The molecule has 0 radical (unpaired) electrons. The molecule has 2 atom stereocenters. The van der Waals surface area contributed by atoms with E-state index in [2.05, 4.69) is 0 Å². The zero-order valence-electron chi connectivity index (χ0n) is 25.4. The molecule has 2 unspecified atom stereocenters. The number of hydrogen-bond donors (Lipinski definition) is 2. The van der Waals surface area contributed by atoms with Gasteiger partial charge in [-0.15, -0.1) is 0 Å². The molecule has 0 bridgehead atoms. The van der Waals surface area contributed by atoms with Gasteiger partial charge in [-0.3, -0.25) is 0 Å². The molecule has 2 N–H and O–H groups in total. The van der Waals surface area contributed by atoms with Gasteiger partial charge in [0, 0.05) is 12.2 Å². The molecule has 46 heavy (non-hydrogen) atoms. The van der Waals surface area contributed by atoms with Crippen LogP contribution in [-0.2, 0) is 41.8 Å². The van der Waals surface area contributed by atoms with Crippen molar-refractivity contribution in [2.24, 2.45) is 0 Å². The Kier molecular flexibility index (Phi) is 13.9. The molecule has 0 saturated carbocycles. The minimum atomic E-state index is -0.927. The molecule has 4 rings (SSSR count). The van der Waals surface area contributed by atoms with Crippen LogP contribution >= 0.6 is 0 Å². The van der Waals surface area contributed by atoms with Gasteiger partial charge in [-0.05, 0) is 45.5 Å². The van der Waals surface area contributed by atoms with Gasteiger partial charge in [0.1, 0.15) is 25.4 Å². The highest BCUT2D eigenvalue weighted by Crippen LogP contribution is 2.21. The van der Waals surface area contributed by atoms with Crippen LogP contribution in [0.3, 0.4) is 0 Å². The summed E-state index contributed by atoms with van der Waals surface area (Å²) in [7, 11) is 0. The highest BCUT2D eigenvalue weighted by molar-refractivity contribution is 5.87.